The van der Waals surface area contributed by atoms with Gasteiger partial charge in [-0.3, -0.25) is 4.79 Å². The highest BCUT2D eigenvalue weighted by Gasteiger charge is 2.04. The van der Waals surface area contributed by atoms with E-state index in [0.717, 1.165) is 0 Å². The molecule has 8 heavy (non-hydrogen) atoms. The lowest BCUT2D eigenvalue weighted by Crippen LogP contribution is -2.26. The Morgan fingerprint density at radius 3 is 2.88 bits per heavy atom. The molecule has 0 bridgehead atoms. The molecular weight excluding hydrogens is 102 g/mol. The van der Waals surface area contributed by atoms with Crippen molar-refractivity contribution in [1.82, 2.24) is 5.32 Å². The topological polar surface area (TPSA) is 29.1 Å². The number of carbonyl (C=O) groups excluding carboxylic acids is 1. The zero-order valence-corrected chi connectivity index (χ0v) is 4.90. The molecule has 1 amide bonds. The number of hydrogen-bond donors (Lipinski definition) is 1. The Hall–Kier alpha value is -0.790. The van der Waals surface area contributed by atoms with Crippen molar-refractivity contribution >= 4 is 5.91 Å². The summed E-state index contributed by atoms with van der Waals surface area (Å²) in [7, 11) is 0. The quantitative estimate of drug-likeness (QED) is 0.452. The second-order valence-electron chi connectivity index (χ2n) is 2.03. The van der Waals surface area contributed by atoms with Crippen molar-refractivity contribution in [3.63, 3.8) is 0 Å². The van der Waals surface area contributed by atoms with Gasteiger partial charge in [0.25, 0.3) is 0 Å². The van der Waals surface area contributed by atoms with Gasteiger partial charge in [0.05, 0.1) is 0 Å². The smallest absolute Gasteiger partial charge is 0.224 e. The monoisotopic (exact) mass is 111 g/mol. The van der Waals surface area contributed by atoms with Gasteiger partial charge in [-0.05, 0) is 6.92 Å². The van der Waals surface area contributed by atoms with Gasteiger partial charge in [-0.25, -0.2) is 0 Å². The van der Waals surface area contributed by atoms with Gasteiger partial charge in [-0.2, -0.15) is 0 Å². The summed E-state index contributed by atoms with van der Waals surface area (Å²) in [5, 5.41) is 2.70. The maximum atomic E-state index is 10.5. The van der Waals surface area contributed by atoms with E-state index >= 15 is 0 Å². The van der Waals surface area contributed by atoms with Crippen LogP contribution in [0.3, 0.4) is 0 Å². The standard InChI is InChI=1S/C6H9NO/c1-5-2-3-7-6(8)4-5/h2H,3-4H2,1H3,(H,7,8). The van der Waals surface area contributed by atoms with Crippen LogP contribution < -0.4 is 5.32 Å². The summed E-state index contributed by atoms with van der Waals surface area (Å²) in [6, 6.07) is 0. The lowest BCUT2D eigenvalue weighted by Gasteiger charge is -2.08. The Labute approximate surface area is 48.6 Å². The highest BCUT2D eigenvalue weighted by Crippen LogP contribution is 2.01. The molecule has 0 aromatic heterocycles. The SMILES string of the molecule is CC1=CCNC(=O)C1. The maximum absolute atomic E-state index is 10.5. The average Bonchev–Trinajstić information content (AvgIpc) is 1.64. The first-order valence-electron chi connectivity index (χ1n) is 2.71. The predicted octanol–water partition coefficient (Wildman–Crippen LogP) is 0.453. The van der Waals surface area contributed by atoms with Crippen LogP contribution >= 0.6 is 0 Å². The average molecular weight is 111 g/mol. The normalized spacial score (nSPS) is 19.6. The molecule has 1 aliphatic rings. The van der Waals surface area contributed by atoms with Gasteiger partial charge in [0.2, 0.25) is 5.91 Å². The van der Waals surface area contributed by atoms with Crippen LogP contribution in [-0.2, 0) is 4.79 Å². The van der Waals surface area contributed by atoms with Gasteiger partial charge in [0, 0.05) is 13.0 Å². The molecule has 1 rings (SSSR count). The first-order chi connectivity index (χ1) is 3.79. The molecule has 44 valence electrons. The van der Waals surface area contributed by atoms with Crippen molar-refractivity contribution < 1.29 is 4.79 Å². The van der Waals surface area contributed by atoms with Gasteiger partial charge < -0.3 is 5.32 Å². The molecule has 0 unspecified atom stereocenters. The molecule has 2 heteroatoms. The lowest BCUT2D eigenvalue weighted by atomic mass is 10.1. The summed E-state index contributed by atoms with van der Waals surface area (Å²) in [6.45, 7) is 2.68. The first-order valence-corrected chi connectivity index (χ1v) is 2.71. The van der Waals surface area contributed by atoms with Crippen molar-refractivity contribution in [3.8, 4) is 0 Å². The number of carbonyl (C=O) groups is 1. The molecule has 0 spiro atoms. The molecule has 2 nitrogen and oxygen atoms in total. The van der Waals surface area contributed by atoms with Crippen molar-refractivity contribution in [2.75, 3.05) is 6.54 Å². The molecule has 1 aliphatic heterocycles. The van der Waals surface area contributed by atoms with E-state index < -0.39 is 0 Å². The van der Waals surface area contributed by atoms with Gasteiger partial charge in [-0.15, -0.1) is 0 Å². The molecule has 0 atom stereocenters. The van der Waals surface area contributed by atoms with Crippen LogP contribution in [-0.4, -0.2) is 12.5 Å². The minimum Gasteiger partial charge on any atom is -0.352 e. The van der Waals surface area contributed by atoms with E-state index in [0.29, 0.717) is 13.0 Å². The molecule has 0 aromatic carbocycles. The third-order valence-electron chi connectivity index (χ3n) is 1.19. The van der Waals surface area contributed by atoms with Gasteiger partial charge in [0.15, 0.2) is 0 Å². The number of rotatable bonds is 0. The fourth-order valence-electron chi connectivity index (χ4n) is 0.727. The Morgan fingerprint density at radius 1 is 1.75 bits per heavy atom. The second-order valence-corrected chi connectivity index (χ2v) is 2.03. The van der Waals surface area contributed by atoms with Crippen LogP contribution in [0.4, 0.5) is 0 Å². The Balaban J connectivity index is 2.57. The van der Waals surface area contributed by atoms with Crippen molar-refractivity contribution in [1.29, 1.82) is 0 Å². The molecular formula is C6H9NO. The maximum Gasteiger partial charge on any atom is 0.224 e. The predicted molar refractivity (Wildman–Crippen MR) is 31.4 cm³/mol. The molecule has 0 aliphatic carbocycles. The Morgan fingerprint density at radius 2 is 2.50 bits per heavy atom. The number of amides is 1. The van der Waals surface area contributed by atoms with Crippen LogP contribution in [0, 0.1) is 0 Å². The molecule has 0 fully saturated rings. The zero-order valence-electron chi connectivity index (χ0n) is 4.90. The Kier molecular flexibility index (Phi) is 1.33. The molecule has 0 saturated heterocycles. The van der Waals surface area contributed by atoms with E-state index in [1.165, 1.54) is 5.57 Å². The van der Waals surface area contributed by atoms with Gasteiger partial charge >= 0.3 is 0 Å². The summed E-state index contributed by atoms with van der Waals surface area (Å²) in [4.78, 5) is 10.5. The van der Waals surface area contributed by atoms with Crippen LogP contribution in [0.15, 0.2) is 11.6 Å². The molecule has 0 saturated carbocycles. The van der Waals surface area contributed by atoms with Crippen molar-refractivity contribution in [2.24, 2.45) is 0 Å². The third-order valence-corrected chi connectivity index (χ3v) is 1.19. The molecule has 0 aromatic rings. The van der Waals surface area contributed by atoms with Crippen LogP contribution in [0.25, 0.3) is 0 Å². The first kappa shape index (κ1) is 5.35. The Bertz CT molecular complexity index is 137. The van der Waals surface area contributed by atoms with E-state index in [4.69, 9.17) is 0 Å². The summed E-state index contributed by atoms with van der Waals surface area (Å²) in [5.74, 6) is 0.144. The minimum atomic E-state index is 0.144. The fraction of sp³-hybridized carbons (Fsp3) is 0.500. The zero-order chi connectivity index (χ0) is 5.98. The highest BCUT2D eigenvalue weighted by molar-refractivity contribution is 5.79. The molecule has 1 heterocycles. The minimum absolute atomic E-state index is 0.144. The van der Waals surface area contributed by atoms with Crippen molar-refractivity contribution in [2.45, 2.75) is 13.3 Å². The van der Waals surface area contributed by atoms with Crippen LogP contribution in [0.5, 0.6) is 0 Å². The summed E-state index contributed by atoms with van der Waals surface area (Å²) < 4.78 is 0. The summed E-state index contributed by atoms with van der Waals surface area (Å²) in [5.41, 5.74) is 1.17. The van der Waals surface area contributed by atoms with E-state index in [-0.39, 0.29) is 5.91 Å². The summed E-state index contributed by atoms with van der Waals surface area (Å²) in [6.07, 6.45) is 2.61. The van der Waals surface area contributed by atoms with E-state index in [2.05, 4.69) is 5.32 Å². The fourth-order valence-corrected chi connectivity index (χ4v) is 0.727. The lowest BCUT2D eigenvalue weighted by molar-refractivity contribution is -0.120. The highest BCUT2D eigenvalue weighted by atomic mass is 16.1. The number of hydrogen-bond acceptors (Lipinski definition) is 1. The van der Waals surface area contributed by atoms with E-state index in [1.54, 1.807) is 0 Å². The van der Waals surface area contributed by atoms with E-state index in [9.17, 15) is 4.79 Å². The second kappa shape index (κ2) is 1.99. The molecule has 0 radical (unpaired) electrons. The van der Waals surface area contributed by atoms with Crippen molar-refractivity contribution in [3.05, 3.63) is 11.6 Å². The largest absolute Gasteiger partial charge is 0.352 e. The molecule has 1 N–H and O–H groups in total. The number of nitrogens with one attached hydrogen (secondary N) is 1. The summed E-state index contributed by atoms with van der Waals surface area (Å²) >= 11 is 0. The van der Waals surface area contributed by atoms with Gasteiger partial charge in [0.1, 0.15) is 0 Å². The van der Waals surface area contributed by atoms with Gasteiger partial charge in [-0.1, -0.05) is 11.6 Å². The van der Waals surface area contributed by atoms with Crippen LogP contribution in [0.2, 0.25) is 0 Å². The third kappa shape index (κ3) is 1.09. The van der Waals surface area contributed by atoms with Crippen LogP contribution in [0.1, 0.15) is 13.3 Å². The van der Waals surface area contributed by atoms with E-state index in [1.807, 2.05) is 13.0 Å².